The Morgan fingerprint density at radius 2 is 2.05 bits per heavy atom. The second kappa shape index (κ2) is 10.5. The highest BCUT2D eigenvalue weighted by molar-refractivity contribution is 7.99. The molecule has 5 rings (SSSR count). The molecule has 3 aromatic heterocycles. The van der Waals surface area contributed by atoms with Crippen LogP contribution in [0.4, 0.5) is 14.9 Å². The van der Waals surface area contributed by atoms with Crippen molar-refractivity contribution in [1.29, 1.82) is 5.26 Å². The summed E-state index contributed by atoms with van der Waals surface area (Å²) in [6.07, 6.45) is 8.25. The minimum Gasteiger partial charge on any atom is -0.453 e. The highest BCUT2D eigenvalue weighted by Crippen LogP contribution is 2.41. The van der Waals surface area contributed by atoms with Crippen LogP contribution in [0.25, 0.3) is 16.6 Å². The zero-order valence-electron chi connectivity index (χ0n) is 21.9. The molecule has 0 atom stereocenters. The molecule has 1 aromatic carbocycles. The molecule has 0 saturated heterocycles. The van der Waals surface area contributed by atoms with Crippen LogP contribution in [0.1, 0.15) is 49.9 Å². The number of nitrogens with one attached hydrogen (secondary N) is 1. The first-order chi connectivity index (χ1) is 18.7. The van der Waals surface area contributed by atoms with Crippen LogP contribution >= 0.6 is 11.8 Å². The Kier molecular flexibility index (Phi) is 7.14. The molecule has 9 nitrogen and oxygen atoms in total. The molecular formula is C28H28FN7O2S. The molecule has 3 heterocycles. The largest absolute Gasteiger partial charge is 0.453 e. The minimum absolute atomic E-state index is 0.208. The number of ether oxygens (including phenoxy) is 1. The van der Waals surface area contributed by atoms with Crippen molar-refractivity contribution in [2.75, 3.05) is 7.11 Å². The number of hydrogen-bond donors (Lipinski definition) is 1. The van der Waals surface area contributed by atoms with Crippen molar-refractivity contribution in [3.05, 3.63) is 59.9 Å². The van der Waals surface area contributed by atoms with Crippen LogP contribution in [0.3, 0.4) is 0 Å². The highest BCUT2D eigenvalue weighted by atomic mass is 32.2. The number of methoxy groups -OCH3 is 1. The van der Waals surface area contributed by atoms with Crippen molar-refractivity contribution in [1.82, 2.24) is 24.7 Å². The van der Waals surface area contributed by atoms with Gasteiger partial charge in [-0.2, -0.15) is 15.5 Å². The average molecular weight is 546 g/mol. The number of amides is 1. The van der Waals surface area contributed by atoms with Gasteiger partial charge in [-0.25, -0.2) is 13.7 Å². The first kappa shape index (κ1) is 26.4. The number of rotatable bonds is 6. The number of benzene rings is 1. The normalized spacial score (nSPS) is 19.0. The number of pyridine rings is 1. The number of aliphatic imine (C=N–C) groups is 1. The Morgan fingerprint density at radius 1 is 1.28 bits per heavy atom. The van der Waals surface area contributed by atoms with E-state index in [9.17, 15) is 14.4 Å². The molecule has 1 fully saturated rings. The van der Waals surface area contributed by atoms with Gasteiger partial charge in [0.15, 0.2) is 0 Å². The average Bonchev–Trinajstić information content (AvgIpc) is 3.53. The highest BCUT2D eigenvalue weighted by Gasteiger charge is 2.34. The van der Waals surface area contributed by atoms with Crippen molar-refractivity contribution < 1.29 is 13.9 Å². The zero-order valence-corrected chi connectivity index (χ0v) is 22.8. The van der Waals surface area contributed by atoms with Gasteiger partial charge in [-0.05, 0) is 64.4 Å². The van der Waals surface area contributed by atoms with E-state index in [0.717, 1.165) is 47.4 Å². The van der Waals surface area contributed by atoms with E-state index in [1.165, 1.54) is 37.2 Å². The van der Waals surface area contributed by atoms with Gasteiger partial charge in [0.05, 0.1) is 42.3 Å². The molecular weight excluding hydrogens is 517 g/mol. The maximum Gasteiger partial charge on any atom is 0.407 e. The second-order valence-electron chi connectivity index (χ2n) is 9.93. The smallest absolute Gasteiger partial charge is 0.407 e. The van der Waals surface area contributed by atoms with E-state index in [2.05, 4.69) is 32.9 Å². The molecule has 4 aromatic rings. The summed E-state index contributed by atoms with van der Waals surface area (Å²) in [5, 5.41) is 21.8. The zero-order chi connectivity index (χ0) is 27.7. The van der Waals surface area contributed by atoms with E-state index in [4.69, 9.17) is 9.84 Å². The van der Waals surface area contributed by atoms with Gasteiger partial charge in [-0.15, -0.1) is 0 Å². The van der Waals surface area contributed by atoms with Gasteiger partial charge in [0, 0.05) is 44.4 Å². The van der Waals surface area contributed by atoms with Crippen LogP contribution in [0.5, 0.6) is 0 Å². The summed E-state index contributed by atoms with van der Waals surface area (Å²) in [5.74, 6) is -0.394. The Morgan fingerprint density at radius 3 is 2.74 bits per heavy atom. The Balaban J connectivity index is 1.48. The number of fused-ring (bicyclic) bond motifs is 1. The Bertz CT molecular complexity index is 1610. The maximum atomic E-state index is 13.8. The third-order valence-corrected chi connectivity index (χ3v) is 8.45. The fraction of sp³-hybridized carbons (Fsp3) is 0.321. The van der Waals surface area contributed by atoms with E-state index < -0.39 is 11.9 Å². The lowest BCUT2D eigenvalue weighted by Gasteiger charge is -2.37. The number of carbonyl (C=O) groups excluding carboxylic acids is 1. The van der Waals surface area contributed by atoms with Crippen LogP contribution in [-0.2, 0) is 4.74 Å². The van der Waals surface area contributed by atoms with Crippen molar-refractivity contribution in [2.24, 2.45) is 4.99 Å². The summed E-state index contributed by atoms with van der Waals surface area (Å²) in [6.45, 7) is 7.66. The second-order valence-corrected chi connectivity index (χ2v) is 11.0. The van der Waals surface area contributed by atoms with Crippen molar-refractivity contribution in [2.45, 2.75) is 60.9 Å². The molecule has 200 valence electrons. The lowest BCUT2D eigenvalue weighted by atomic mass is 9.81. The summed E-state index contributed by atoms with van der Waals surface area (Å²) < 4.78 is 22.4. The quantitative estimate of drug-likeness (QED) is 0.288. The predicted octanol–water partition coefficient (Wildman–Crippen LogP) is 6.23. The van der Waals surface area contributed by atoms with E-state index in [-0.39, 0.29) is 11.6 Å². The van der Waals surface area contributed by atoms with Gasteiger partial charge in [-0.1, -0.05) is 11.8 Å². The van der Waals surface area contributed by atoms with Crippen LogP contribution in [0.15, 0.2) is 57.6 Å². The van der Waals surface area contributed by atoms with Gasteiger partial charge in [-0.3, -0.25) is 9.67 Å². The van der Waals surface area contributed by atoms with Crippen LogP contribution < -0.4 is 5.32 Å². The minimum atomic E-state index is -0.410. The first-order valence-electron chi connectivity index (χ1n) is 12.5. The lowest BCUT2D eigenvalue weighted by Crippen LogP contribution is -2.48. The van der Waals surface area contributed by atoms with Crippen LogP contribution in [0, 0.1) is 24.1 Å². The lowest BCUT2D eigenvalue weighted by molar-refractivity contribution is 0.139. The van der Waals surface area contributed by atoms with Gasteiger partial charge >= 0.3 is 6.09 Å². The summed E-state index contributed by atoms with van der Waals surface area (Å²) in [4.78, 5) is 17.2. The molecule has 0 bridgehead atoms. The number of hydrogen-bond acceptors (Lipinski definition) is 7. The van der Waals surface area contributed by atoms with Gasteiger partial charge in [0.2, 0.25) is 0 Å². The van der Waals surface area contributed by atoms with Crippen molar-refractivity contribution >= 4 is 35.8 Å². The van der Waals surface area contributed by atoms with Crippen molar-refractivity contribution in [3.8, 4) is 17.2 Å². The third-order valence-electron chi connectivity index (χ3n) is 7.36. The molecule has 0 aliphatic heterocycles. The van der Waals surface area contributed by atoms with E-state index in [1.807, 2.05) is 32.3 Å². The molecule has 39 heavy (non-hydrogen) atoms. The SMILES string of the molecule is C=Nc1cc(F)ccc1Sc1cc(-c2cnn([C@H]3CC[C@@](C)(NC(=O)OC)CC3)c2C)cn2ncc(C#N)c12. The van der Waals surface area contributed by atoms with Crippen LogP contribution in [-0.4, -0.2) is 44.9 Å². The Labute approximate surface area is 229 Å². The fourth-order valence-corrected chi connectivity index (χ4v) is 6.28. The predicted molar refractivity (Wildman–Crippen MR) is 147 cm³/mol. The fourth-order valence-electron chi connectivity index (χ4n) is 5.19. The number of carbonyl (C=O) groups is 1. The molecule has 1 saturated carbocycles. The number of nitrogens with zero attached hydrogens (tertiary/aromatic N) is 6. The van der Waals surface area contributed by atoms with Crippen LogP contribution in [0.2, 0.25) is 0 Å². The summed E-state index contributed by atoms with van der Waals surface area (Å²) in [6, 6.07) is 8.80. The molecule has 0 spiro atoms. The monoisotopic (exact) mass is 545 g/mol. The summed E-state index contributed by atoms with van der Waals surface area (Å²) in [7, 11) is 1.37. The molecule has 1 N–H and O–H groups in total. The molecule has 0 radical (unpaired) electrons. The van der Waals surface area contributed by atoms with Gasteiger partial charge < -0.3 is 10.1 Å². The Hall–Kier alpha value is -4.17. The number of aromatic nitrogens is 4. The van der Waals surface area contributed by atoms with Crippen molar-refractivity contribution in [3.63, 3.8) is 0 Å². The van der Waals surface area contributed by atoms with E-state index in [1.54, 1.807) is 10.6 Å². The molecule has 11 heteroatoms. The maximum absolute atomic E-state index is 13.8. The van der Waals surface area contributed by atoms with E-state index >= 15 is 0 Å². The number of halogens is 1. The summed E-state index contributed by atoms with van der Waals surface area (Å²) >= 11 is 1.38. The van der Waals surface area contributed by atoms with Gasteiger partial charge in [0.1, 0.15) is 11.9 Å². The van der Waals surface area contributed by atoms with Gasteiger partial charge in [0.25, 0.3) is 0 Å². The topological polar surface area (TPSA) is 110 Å². The number of alkyl carbamates (subject to hydrolysis) is 1. The standard InChI is InChI=1S/C28H28FN7O2S/c1-17-22(15-33-36(17)21-7-9-28(2,10-8-21)34-27(37)38-4)18-11-25(26-19(13-30)14-32-35(26)16-18)39-24-6-5-20(29)12-23(24)31-3/h5-6,11-12,14-16,21H,3,7-10H2,1-2,4H3,(H,34,37)/t21-,28+. The van der Waals surface area contributed by atoms with E-state index in [0.29, 0.717) is 21.7 Å². The molecule has 1 aliphatic carbocycles. The molecule has 1 aliphatic rings. The molecule has 0 unspecified atom stereocenters. The number of nitriles is 1. The summed E-state index contributed by atoms with van der Waals surface area (Å²) in [5.41, 5.74) is 4.10. The third kappa shape index (κ3) is 5.12. The molecule has 1 amide bonds. The first-order valence-corrected chi connectivity index (χ1v) is 13.3.